The number of carbonyl (C=O) groups excluding carboxylic acids is 4. The largest absolute Gasteiger partial charge is 0.477 e. The SMILES string of the molecule is CC(C)(C)OC(=O)NCCCn1nnnc1SCC1=C(C(=O)O)N2C(=O)C(NC(=O)/C(=N/OC3CCCC3)c3csc(NC(=O)C(F)(F)F)n3)C2SC1. The van der Waals surface area contributed by atoms with Gasteiger partial charge in [-0.3, -0.25) is 24.6 Å². The van der Waals surface area contributed by atoms with E-state index in [0.29, 0.717) is 54.4 Å². The molecule has 0 radical (unpaired) electrons. The molecule has 2 aliphatic heterocycles. The topological polar surface area (TPSA) is 232 Å². The van der Waals surface area contributed by atoms with E-state index in [1.165, 1.54) is 33.6 Å². The van der Waals surface area contributed by atoms with Crippen LogP contribution in [0.4, 0.5) is 23.1 Å². The Morgan fingerprint density at radius 3 is 2.58 bits per heavy atom. The molecule has 4 N–H and O–H groups in total. The number of oxime groups is 1. The van der Waals surface area contributed by atoms with E-state index in [-0.39, 0.29) is 29.0 Å². The van der Waals surface area contributed by atoms with Crippen molar-refractivity contribution >= 4 is 75.5 Å². The summed E-state index contributed by atoms with van der Waals surface area (Å²) in [5.41, 5.74) is -1.08. The van der Waals surface area contributed by atoms with Crippen LogP contribution in [0.25, 0.3) is 0 Å². The van der Waals surface area contributed by atoms with Crippen LogP contribution in [0.1, 0.15) is 58.6 Å². The van der Waals surface area contributed by atoms with Crippen LogP contribution in [-0.4, -0.2) is 118 Å². The lowest BCUT2D eigenvalue weighted by Crippen LogP contribution is -2.71. The summed E-state index contributed by atoms with van der Waals surface area (Å²) in [5.74, 6) is -4.91. The molecule has 2 unspecified atom stereocenters. The lowest BCUT2D eigenvalue weighted by Gasteiger charge is -2.49. The number of thioether (sulfide) groups is 2. The molecule has 288 valence electrons. The molecule has 53 heavy (non-hydrogen) atoms. The molecule has 2 aromatic rings. The van der Waals surface area contributed by atoms with Gasteiger partial charge in [0.05, 0.1) is 0 Å². The Labute approximate surface area is 312 Å². The fraction of sp³-hybridized carbons (Fsp3) is 0.586. The van der Waals surface area contributed by atoms with Crippen molar-refractivity contribution in [3.8, 4) is 0 Å². The molecule has 24 heteroatoms. The van der Waals surface area contributed by atoms with Crippen molar-refractivity contribution in [2.24, 2.45) is 5.16 Å². The molecule has 1 saturated carbocycles. The van der Waals surface area contributed by atoms with E-state index in [1.807, 2.05) is 0 Å². The number of alkyl halides is 3. The van der Waals surface area contributed by atoms with Gasteiger partial charge in [-0.25, -0.2) is 19.3 Å². The number of aliphatic carboxylic acids is 1. The predicted molar refractivity (Wildman–Crippen MR) is 184 cm³/mol. The highest BCUT2D eigenvalue weighted by Crippen LogP contribution is 2.41. The number of carboxylic acids is 1. The minimum absolute atomic E-state index is 0.130. The normalized spacial score (nSPS) is 19.4. The number of alkyl carbamates (subject to hydrolysis) is 1. The average molecular weight is 805 g/mol. The number of halogens is 3. The first-order chi connectivity index (χ1) is 25.0. The first-order valence-electron chi connectivity index (χ1n) is 16.2. The number of anilines is 1. The van der Waals surface area contributed by atoms with Crippen molar-refractivity contribution in [2.45, 2.75) is 93.9 Å². The fourth-order valence-corrected chi connectivity index (χ4v) is 8.34. The predicted octanol–water partition coefficient (Wildman–Crippen LogP) is 2.74. The quantitative estimate of drug-likeness (QED) is 0.0708. The first kappa shape index (κ1) is 39.8. The van der Waals surface area contributed by atoms with Crippen LogP contribution in [0.5, 0.6) is 0 Å². The van der Waals surface area contributed by atoms with Gasteiger partial charge < -0.3 is 25.3 Å². The van der Waals surface area contributed by atoms with Gasteiger partial charge in [-0.1, -0.05) is 16.9 Å². The molecular formula is C29H35F3N10O8S3. The molecule has 18 nitrogen and oxygen atoms in total. The van der Waals surface area contributed by atoms with E-state index < -0.39 is 63.8 Å². The van der Waals surface area contributed by atoms with Crippen molar-refractivity contribution in [2.75, 3.05) is 23.4 Å². The maximum Gasteiger partial charge on any atom is 0.471 e. The van der Waals surface area contributed by atoms with E-state index in [1.54, 1.807) is 26.1 Å². The van der Waals surface area contributed by atoms with Gasteiger partial charge in [-0.2, -0.15) is 13.2 Å². The molecule has 3 aliphatic rings. The van der Waals surface area contributed by atoms with Gasteiger partial charge in [-0.05, 0) is 68.9 Å². The van der Waals surface area contributed by atoms with Gasteiger partial charge in [0, 0.05) is 30.0 Å². The van der Waals surface area contributed by atoms with Crippen molar-refractivity contribution in [3.63, 3.8) is 0 Å². The Kier molecular flexibility index (Phi) is 12.5. The maximum absolute atomic E-state index is 13.5. The molecule has 0 spiro atoms. The highest BCUT2D eigenvalue weighted by molar-refractivity contribution is 8.01. The Hall–Kier alpha value is -4.45. The monoisotopic (exact) mass is 804 g/mol. The third kappa shape index (κ3) is 10.2. The summed E-state index contributed by atoms with van der Waals surface area (Å²) in [4.78, 5) is 73.1. The Morgan fingerprint density at radius 1 is 1.17 bits per heavy atom. The van der Waals surface area contributed by atoms with Gasteiger partial charge in [-0.15, -0.1) is 28.2 Å². The number of nitrogens with zero attached hydrogens (tertiary/aromatic N) is 7. The second-order valence-corrected chi connectivity index (χ2v) is 15.7. The van der Waals surface area contributed by atoms with Crippen LogP contribution < -0.4 is 16.0 Å². The number of tetrazole rings is 1. The number of carbonyl (C=O) groups is 5. The summed E-state index contributed by atoms with van der Waals surface area (Å²) in [6.45, 7) is 5.90. The van der Waals surface area contributed by atoms with Crippen molar-refractivity contribution in [1.82, 2.24) is 40.7 Å². The minimum Gasteiger partial charge on any atom is -0.477 e. The summed E-state index contributed by atoms with van der Waals surface area (Å²) in [7, 11) is 0. The van der Waals surface area contributed by atoms with Gasteiger partial charge in [0.15, 0.2) is 10.8 Å². The van der Waals surface area contributed by atoms with Crippen molar-refractivity contribution in [1.29, 1.82) is 0 Å². The second-order valence-electron chi connectivity index (χ2n) is 12.8. The summed E-state index contributed by atoms with van der Waals surface area (Å²) < 4.78 is 45.0. The van der Waals surface area contributed by atoms with Crippen LogP contribution >= 0.6 is 34.9 Å². The van der Waals surface area contributed by atoms with Gasteiger partial charge in [0.25, 0.3) is 11.8 Å². The summed E-state index contributed by atoms with van der Waals surface area (Å²) >= 11 is 3.01. The zero-order chi connectivity index (χ0) is 38.5. The molecule has 4 amide bonds. The molecule has 5 rings (SSSR count). The van der Waals surface area contributed by atoms with Crippen LogP contribution in [0.2, 0.25) is 0 Å². The van der Waals surface area contributed by atoms with Gasteiger partial charge in [0.2, 0.25) is 5.16 Å². The van der Waals surface area contributed by atoms with Crippen molar-refractivity contribution in [3.05, 3.63) is 22.3 Å². The lowest BCUT2D eigenvalue weighted by atomic mass is 10.0. The number of fused-ring (bicyclic) bond motifs is 1. The zero-order valence-electron chi connectivity index (χ0n) is 28.5. The summed E-state index contributed by atoms with van der Waals surface area (Å²) in [5, 5.41) is 32.9. The van der Waals surface area contributed by atoms with Crippen LogP contribution in [0, 0.1) is 0 Å². The standard InChI is InChI=1S/C29H35F3N10O8S3/c1-28(2,3)49-27(48)33-9-6-10-41-26(37-39-40-41)53-12-14-11-51-22-18(21(44)42(22)19(14)23(45)46)35-20(43)17(38-50-15-7-4-5-8-15)16-13-52-25(34-16)36-24(47)29(30,31)32/h13,15,18,22H,4-12H2,1-3H3,(H,33,48)(H,35,43)(H,45,46)(H,34,36,47)/b38-17+. The number of hydrogen-bond donors (Lipinski definition) is 4. The number of thiazole rings is 1. The Morgan fingerprint density at radius 2 is 1.91 bits per heavy atom. The Bertz CT molecular complexity index is 1790. The maximum atomic E-state index is 13.5. The molecule has 0 aromatic carbocycles. The van der Waals surface area contributed by atoms with Crippen LogP contribution in [0.3, 0.4) is 0 Å². The van der Waals surface area contributed by atoms with E-state index in [9.17, 15) is 42.3 Å². The molecule has 1 aliphatic carbocycles. The molecule has 1 saturated heterocycles. The molecular weight excluding hydrogens is 770 g/mol. The van der Waals surface area contributed by atoms with E-state index in [0.717, 1.165) is 17.7 Å². The third-order valence-corrected chi connectivity index (χ3v) is 10.8. The molecule has 2 fully saturated rings. The van der Waals surface area contributed by atoms with Crippen LogP contribution in [0.15, 0.2) is 27.0 Å². The first-order valence-corrected chi connectivity index (χ1v) is 19.1. The Balaban J connectivity index is 1.22. The highest BCUT2D eigenvalue weighted by atomic mass is 32.2. The van der Waals surface area contributed by atoms with E-state index in [4.69, 9.17) is 9.57 Å². The fourth-order valence-electron chi connectivity index (χ4n) is 5.26. The van der Waals surface area contributed by atoms with E-state index in [2.05, 4.69) is 36.3 Å². The van der Waals surface area contributed by atoms with Crippen LogP contribution in [-0.2, 0) is 35.3 Å². The molecule has 2 atom stereocenters. The smallest absolute Gasteiger partial charge is 0.471 e. The minimum atomic E-state index is -5.16. The number of β-lactam (4-membered cyclic amide) rings is 1. The number of carboxylic acid groups (broad SMARTS) is 1. The van der Waals surface area contributed by atoms with E-state index >= 15 is 0 Å². The number of aromatic nitrogens is 5. The number of aryl methyl sites for hydroxylation is 1. The number of ether oxygens (including phenoxy) is 1. The summed E-state index contributed by atoms with van der Waals surface area (Å²) in [6.07, 6.45) is -2.45. The molecule has 4 heterocycles. The number of nitrogens with one attached hydrogen (secondary N) is 3. The lowest BCUT2D eigenvalue weighted by molar-refractivity contribution is -0.167. The molecule has 2 aromatic heterocycles. The van der Waals surface area contributed by atoms with Gasteiger partial charge >= 0.3 is 24.1 Å². The highest BCUT2D eigenvalue weighted by Gasteiger charge is 2.54. The van der Waals surface area contributed by atoms with Gasteiger partial charge in [0.1, 0.15) is 34.5 Å². The average Bonchev–Trinajstić information content (AvgIpc) is 3.86. The number of hydrogen-bond acceptors (Lipinski definition) is 15. The molecule has 0 bridgehead atoms. The second kappa shape index (κ2) is 16.7. The summed E-state index contributed by atoms with van der Waals surface area (Å²) in [6, 6.07) is -1.17. The number of amides is 4. The number of rotatable bonds is 14. The van der Waals surface area contributed by atoms with Crippen molar-refractivity contribution < 1.29 is 51.8 Å². The third-order valence-electron chi connectivity index (χ3n) is 7.66. The zero-order valence-corrected chi connectivity index (χ0v) is 30.9.